The summed E-state index contributed by atoms with van der Waals surface area (Å²) in [6, 6.07) is 21.6. The first-order valence-electron chi connectivity index (χ1n) is 15.6. The van der Waals surface area contributed by atoms with Crippen LogP contribution in [0, 0.1) is 18.3 Å². The van der Waals surface area contributed by atoms with Crippen LogP contribution in [0.15, 0.2) is 71.3 Å². The van der Waals surface area contributed by atoms with Crippen LogP contribution in [0.1, 0.15) is 35.1 Å². The van der Waals surface area contributed by atoms with Gasteiger partial charge in [0.15, 0.2) is 5.58 Å². The number of hydrogen-bond acceptors (Lipinski definition) is 9. The summed E-state index contributed by atoms with van der Waals surface area (Å²) in [5.41, 5.74) is 8.37. The molecule has 3 heterocycles. The number of nitrogens with zero attached hydrogens (tertiary/aromatic N) is 5. The van der Waals surface area contributed by atoms with Crippen LogP contribution in [0.4, 0.5) is 0 Å². The maximum atomic E-state index is 9.95. The van der Waals surface area contributed by atoms with E-state index < -0.39 is 0 Å². The molecule has 0 saturated carbocycles. The quantitative estimate of drug-likeness (QED) is 0.204. The molecule has 7 rings (SSSR count). The highest BCUT2D eigenvalue weighted by Gasteiger charge is 2.23. The molecular weight excluding hydrogens is 594 g/mol. The molecule has 0 radical (unpaired) electrons. The van der Waals surface area contributed by atoms with Gasteiger partial charge in [0.2, 0.25) is 5.89 Å². The van der Waals surface area contributed by atoms with Gasteiger partial charge in [-0.15, -0.1) is 0 Å². The molecule has 1 fully saturated rings. The Balaban J connectivity index is 1.28. The average Bonchev–Trinajstić information content (AvgIpc) is 3.74. The van der Waals surface area contributed by atoms with Crippen molar-refractivity contribution in [3.8, 4) is 45.8 Å². The molecule has 2 aromatic heterocycles. The minimum atomic E-state index is -0.234. The third-order valence-electron chi connectivity index (χ3n) is 9.10. The molecule has 1 saturated heterocycles. The van der Waals surface area contributed by atoms with Crippen LogP contribution >= 0.6 is 0 Å². The third kappa shape index (κ3) is 5.48. The van der Waals surface area contributed by atoms with Gasteiger partial charge in [0.1, 0.15) is 23.1 Å². The maximum absolute atomic E-state index is 9.95. The minimum absolute atomic E-state index is 0.187. The standard InChI is InChI=1S/C37H35N5O5/c1-22-27(6-4-7-28(22)37-40-32-15-23(21-43)14-24(18-38)36(32)47-37)29-8-5-9-33-30(29)19-39-42(33)25-16-34(45-2)31(35(17-25)46-3)20-41-12-10-26(44)11-13-41/h4-9,14-17,19,26,43-44H,10-13,20-21H2,1-3H3. The van der Waals surface area contributed by atoms with Crippen molar-refractivity contribution in [3.05, 3.63) is 89.1 Å². The van der Waals surface area contributed by atoms with Crippen LogP contribution in [-0.2, 0) is 13.2 Å². The monoisotopic (exact) mass is 629 g/mol. The number of hydrogen-bond donors (Lipinski definition) is 2. The Morgan fingerprint density at radius 1 is 0.979 bits per heavy atom. The van der Waals surface area contributed by atoms with Crippen molar-refractivity contribution in [3.63, 3.8) is 0 Å². The van der Waals surface area contributed by atoms with Gasteiger partial charge in [-0.05, 0) is 66.3 Å². The number of likely N-dealkylation sites (tertiary alicyclic amines) is 1. The predicted octanol–water partition coefficient (Wildman–Crippen LogP) is 6.15. The second kappa shape index (κ2) is 12.5. The van der Waals surface area contributed by atoms with E-state index in [1.54, 1.807) is 26.4 Å². The van der Waals surface area contributed by atoms with Gasteiger partial charge in [0, 0.05) is 42.7 Å². The zero-order valence-electron chi connectivity index (χ0n) is 26.5. The van der Waals surface area contributed by atoms with Crippen LogP contribution < -0.4 is 9.47 Å². The fraction of sp³-hybridized carbons (Fsp3) is 0.270. The highest BCUT2D eigenvalue weighted by atomic mass is 16.5. The van der Waals surface area contributed by atoms with E-state index in [-0.39, 0.29) is 12.7 Å². The zero-order valence-corrected chi connectivity index (χ0v) is 26.5. The number of nitriles is 1. The molecular formula is C37H35N5O5. The molecule has 47 heavy (non-hydrogen) atoms. The molecule has 0 aliphatic carbocycles. The topological polar surface area (TPSA) is 130 Å². The highest BCUT2D eigenvalue weighted by molar-refractivity contribution is 5.97. The molecule has 6 aromatic rings. The molecule has 0 atom stereocenters. The smallest absolute Gasteiger partial charge is 0.227 e. The van der Waals surface area contributed by atoms with Gasteiger partial charge < -0.3 is 24.1 Å². The first-order chi connectivity index (χ1) is 22.9. The second-order valence-corrected chi connectivity index (χ2v) is 11.9. The fourth-order valence-corrected chi connectivity index (χ4v) is 6.58. The van der Waals surface area contributed by atoms with E-state index in [0.717, 1.165) is 81.8 Å². The molecule has 0 bridgehead atoms. The summed E-state index contributed by atoms with van der Waals surface area (Å²) >= 11 is 0. The van der Waals surface area contributed by atoms with E-state index in [4.69, 9.17) is 24.0 Å². The maximum Gasteiger partial charge on any atom is 0.227 e. The van der Waals surface area contributed by atoms with E-state index in [1.807, 2.05) is 54.2 Å². The molecule has 10 heteroatoms. The van der Waals surface area contributed by atoms with Crippen molar-refractivity contribution in [2.75, 3.05) is 27.3 Å². The van der Waals surface area contributed by atoms with Gasteiger partial charge in [0.05, 0.1) is 55.5 Å². The van der Waals surface area contributed by atoms with E-state index in [0.29, 0.717) is 34.7 Å². The Morgan fingerprint density at radius 2 is 1.68 bits per heavy atom. The van der Waals surface area contributed by atoms with E-state index in [2.05, 4.69) is 23.1 Å². The number of oxazole rings is 1. The van der Waals surface area contributed by atoms with E-state index in [1.165, 1.54) is 0 Å². The Kier molecular flexibility index (Phi) is 8.12. The minimum Gasteiger partial charge on any atom is -0.496 e. The van der Waals surface area contributed by atoms with Crippen molar-refractivity contribution < 1.29 is 24.1 Å². The second-order valence-electron chi connectivity index (χ2n) is 11.9. The largest absolute Gasteiger partial charge is 0.496 e. The molecule has 0 unspecified atom stereocenters. The Morgan fingerprint density at radius 3 is 2.38 bits per heavy atom. The van der Waals surface area contributed by atoms with Crippen molar-refractivity contribution in [2.45, 2.75) is 39.0 Å². The number of aliphatic hydroxyl groups excluding tert-OH is 2. The summed E-state index contributed by atoms with van der Waals surface area (Å²) in [5, 5.41) is 35.0. The SMILES string of the molecule is COc1cc(-n2ncc3c(-c4cccc(-c5nc6cc(CO)cc(C#N)c6o5)c4C)cccc32)cc(OC)c1CN1CCC(O)CC1. The normalized spacial score (nSPS) is 14.1. The van der Waals surface area contributed by atoms with E-state index >= 15 is 0 Å². The van der Waals surface area contributed by atoms with Crippen LogP contribution in [-0.4, -0.2) is 63.3 Å². The van der Waals surface area contributed by atoms with Crippen molar-refractivity contribution in [2.24, 2.45) is 0 Å². The van der Waals surface area contributed by atoms with Crippen LogP contribution in [0.2, 0.25) is 0 Å². The Hall–Kier alpha value is -5.21. The summed E-state index contributed by atoms with van der Waals surface area (Å²) in [6.45, 7) is 4.15. The third-order valence-corrected chi connectivity index (χ3v) is 9.10. The average molecular weight is 630 g/mol. The van der Waals surface area contributed by atoms with Crippen molar-refractivity contribution in [1.82, 2.24) is 19.7 Å². The first kappa shape index (κ1) is 30.4. The highest BCUT2D eigenvalue weighted by Crippen LogP contribution is 2.39. The number of aliphatic hydroxyl groups is 2. The van der Waals surface area contributed by atoms with Crippen molar-refractivity contribution >= 4 is 22.0 Å². The molecule has 0 spiro atoms. The number of methoxy groups -OCH3 is 2. The van der Waals surface area contributed by atoms with Crippen LogP contribution in [0.3, 0.4) is 0 Å². The zero-order chi connectivity index (χ0) is 32.7. The van der Waals surface area contributed by atoms with Gasteiger partial charge in [-0.25, -0.2) is 9.67 Å². The predicted molar refractivity (Wildman–Crippen MR) is 179 cm³/mol. The lowest BCUT2D eigenvalue weighted by molar-refractivity contribution is 0.0785. The van der Waals surface area contributed by atoms with Gasteiger partial charge >= 0.3 is 0 Å². The fourth-order valence-electron chi connectivity index (χ4n) is 6.58. The van der Waals surface area contributed by atoms with Gasteiger partial charge in [-0.3, -0.25) is 4.90 Å². The van der Waals surface area contributed by atoms with Crippen molar-refractivity contribution in [1.29, 1.82) is 5.26 Å². The first-order valence-corrected chi connectivity index (χ1v) is 15.6. The number of aromatic nitrogens is 3. The Bertz CT molecular complexity index is 2130. The lowest BCUT2D eigenvalue weighted by atomic mass is 9.94. The van der Waals surface area contributed by atoms with Crippen LogP contribution in [0.25, 0.3) is 50.3 Å². The molecule has 4 aromatic carbocycles. The summed E-state index contributed by atoms with van der Waals surface area (Å²) in [7, 11) is 3.33. The number of rotatable bonds is 8. The number of ether oxygens (including phenoxy) is 2. The molecule has 0 amide bonds. The molecule has 1 aliphatic heterocycles. The molecule has 1 aliphatic rings. The molecule has 2 N–H and O–H groups in total. The summed E-state index contributed by atoms with van der Waals surface area (Å²) in [4.78, 5) is 7.01. The van der Waals surface area contributed by atoms with Crippen LogP contribution in [0.5, 0.6) is 11.5 Å². The van der Waals surface area contributed by atoms with E-state index in [9.17, 15) is 15.5 Å². The molecule has 238 valence electrons. The number of benzene rings is 4. The lowest BCUT2D eigenvalue weighted by Crippen LogP contribution is -2.35. The lowest BCUT2D eigenvalue weighted by Gasteiger charge is -2.30. The van der Waals surface area contributed by atoms with Gasteiger partial charge in [0.25, 0.3) is 0 Å². The van der Waals surface area contributed by atoms with Gasteiger partial charge in [-0.1, -0.05) is 24.3 Å². The Labute approximate surface area is 272 Å². The summed E-state index contributed by atoms with van der Waals surface area (Å²) in [5.74, 6) is 1.85. The number of piperidine rings is 1. The summed E-state index contributed by atoms with van der Waals surface area (Å²) in [6.07, 6.45) is 3.16. The molecule has 10 nitrogen and oxygen atoms in total. The van der Waals surface area contributed by atoms with Gasteiger partial charge in [-0.2, -0.15) is 10.4 Å². The summed E-state index contributed by atoms with van der Waals surface area (Å²) < 4.78 is 19.8. The number of fused-ring (bicyclic) bond motifs is 2.